The van der Waals surface area contributed by atoms with E-state index in [0.717, 1.165) is 11.3 Å². The van der Waals surface area contributed by atoms with Gasteiger partial charge in [-0.15, -0.1) is 0 Å². The Kier molecular flexibility index (Phi) is 3.00. The molecule has 0 bridgehead atoms. The summed E-state index contributed by atoms with van der Waals surface area (Å²) in [6.45, 7) is 0. The predicted octanol–water partition coefficient (Wildman–Crippen LogP) is 2.52. The van der Waals surface area contributed by atoms with Crippen LogP contribution in [-0.4, -0.2) is 0 Å². The molecule has 0 aliphatic heterocycles. The Morgan fingerprint density at radius 1 is 1.00 bits per heavy atom. The highest BCUT2D eigenvalue weighted by molar-refractivity contribution is 5.23. The van der Waals surface area contributed by atoms with Crippen molar-refractivity contribution in [3.05, 3.63) is 66.2 Å². The normalized spacial score (nSPS) is 12.1. The molecule has 75 valence electrons. The summed E-state index contributed by atoms with van der Waals surface area (Å²) < 4.78 is 5.56. The summed E-state index contributed by atoms with van der Waals surface area (Å²) in [6, 6.07) is 19.9. The lowest BCUT2D eigenvalue weighted by atomic mass is 10.2. The third kappa shape index (κ3) is 2.58. The van der Waals surface area contributed by atoms with Crippen molar-refractivity contribution in [1.82, 2.24) is 0 Å². The van der Waals surface area contributed by atoms with Gasteiger partial charge in [0, 0.05) is 5.56 Å². The van der Waals surface area contributed by atoms with Crippen molar-refractivity contribution in [2.75, 3.05) is 0 Å². The molecule has 0 heterocycles. The van der Waals surface area contributed by atoms with E-state index in [4.69, 9.17) is 10.5 Å². The minimum Gasteiger partial charge on any atom is -0.471 e. The van der Waals surface area contributed by atoms with Crippen LogP contribution in [0.5, 0.6) is 5.75 Å². The lowest BCUT2D eigenvalue weighted by Crippen LogP contribution is -2.17. The minimum absolute atomic E-state index is 0.423. The quantitative estimate of drug-likeness (QED) is 0.769. The molecule has 2 aromatic carbocycles. The van der Waals surface area contributed by atoms with E-state index in [1.54, 1.807) is 12.1 Å². The number of rotatable bonds is 3. The van der Waals surface area contributed by atoms with E-state index in [1.165, 1.54) is 0 Å². The summed E-state index contributed by atoms with van der Waals surface area (Å²) >= 11 is 0. The average molecular weight is 198 g/mol. The van der Waals surface area contributed by atoms with Crippen molar-refractivity contribution >= 4 is 0 Å². The molecule has 0 spiro atoms. The second-order valence-electron chi connectivity index (χ2n) is 3.18. The Balaban J connectivity index is 2.08. The molecular formula is C13H12NO. The molecule has 15 heavy (non-hydrogen) atoms. The topological polar surface area (TPSA) is 35.2 Å². The molecule has 0 aliphatic rings. The highest BCUT2D eigenvalue weighted by Crippen LogP contribution is 2.16. The van der Waals surface area contributed by atoms with Crippen LogP contribution in [0.3, 0.4) is 0 Å². The molecule has 0 aromatic heterocycles. The Labute approximate surface area is 89.3 Å². The third-order valence-electron chi connectivity index (χ3n) is 2.08. The second kappa shape index (κ2) is 4.62. The summed E-state index contributed by atoms with van der Waals surface area (Å²) in [5.41, 5.74) is 6.86. The molecule has 0 saturated carbocycles. The summed E-state index contributed by atoms with van der Waals surface area (Å²) in [7, 11) is 0. The number of nitrogens with two attached hydrogens (primary N) is 1. The predicted molar refractivity (Wildman–Crippen MR) is 59.3 cm³/mol. The molecule has 2 aromatic rings. The summed E-state index contributed by atoms with van der Waals surface area (Å²) in [5.74, 6) is 0.755. The van der Waals surface area contributed by atoms with E-state index in [0.29, 0.717) is 0 Å². The van der Waals surface area contributed by atoms with Gasteiger partial charge in [0.25, 0.3) is 0 Å². The maximum atomic E-state index is 5.89. The van der Waals surface area contributed by atoms with Crippen LogP contribution in [0.4, 0.5) is 0 Å². The van der Waals surface area contributed by atoms with Crippen LogP contribution in [0.1, 0.15) is 11.8 Å². The smallest absolute Gasteiger partial charge is 0.174 e. The maximum absolute atomic E-state index is 5.89. The molecule has 2 heteroatoms. The molecule has 2 rings (SSSR count). The molecule has 2 N–H and O–H groups in total. The van der Waals surface area contributed by atoms with Gasteiger partial charge < -0.3 is 4.74 Å². The lowest BCUT2D eigenvalue weighted by molar-refractivity contribution is 0.214. The zero-order valence-electron chi connectivity index (χ0n) is 8.26. The maximum Gasteiger partial charge on any atom is 0.174 e. The fraction of sp³-hybridized carbons (Fsp3) is 0.0769. The standard InChI is InChI=1S/C13H12NO/c14-13(11-7-3-1-4-8-11)15-12-9-5-2-6-10-12/h1,3-10,13H,14H2. The molecule has 1 unspecified atom stereocenters. The van der Waals surface area contributed by atoms with Crippen molar-refractivity contribution in [3.63, 3.8) is 0 Å². The minimum atomic E-state index is -0.423. The van der Waals surface area contributed by atoms with E-state index in [2.05, 4.69) is 6.07 Å². The van der Waals surface area contributed by atoms with Crippen LogP contribution < -0.4 is 10.5 Å². The highest BCUT2D eigenvalue weighted by atomic mass is 16.5. The van der Waals surface area contributed by atoms with Gasteiger partial charge in [-0.05, 0) is 18.2 Å². The Hall–Kier alpha value is -1.80. The van der Waals surface area contributed by atoms with Crippen LogP contribution in [0.15, 0.2) is 54.6 Å². The van der Waals surface area contributed by atoms with Gasteiger partial charge in [0.1, 0.15) is 5.75 Å². The zero-order chi connectivity index (χ0) is 10.5. The summed E-state index contributed by atoms with van der Waals surface area (Å²) in [4.78, 5) is 0. The van der Waals surface area contributed by atoms with Gasteiger partial charge in [-0.2, -0.15) is 0 Å². The molecule has 1 radical (unpaired) electrons. The largest absolute Gasteiger partial charge is 0.471 e. The summed E-state index contributed by atoms with van der Waals surface area (Å²) in [6.07, 6.45) is -0.423. The Bertz CT molecular complexity index is 399. The number of hydrogen-bond donors (Lipinski definition) is 1. The SMILES string of the molecule is NC(Oc1cc[c]cc1)c1ccccc1. The van der Waals surface area contributed by atoms with Gasteiger partial charge in [0.2, 0.25) is 0 Å². The van der Waals surface area contributed by atoms with Gasteiger partial charge >= 0.3 is 0 Å². The number of hydrogen-bond acceptors (Lipinski definition) is 2. The Morgan fingerprint density at radius 3 is 2.33 bits per heavy atom. The highest BCUT2D eigenvalue weighted by Gasteiger charge is 2.05. The summed E-state index contributed by atoms with van der Waals surface area (Å²) in [5, 5.41) is 0. The molecule has 2 nitrogen and oxygen atoms in total. The van der Waals surface area contributed by atoms with Crippen molar-refractivity contribution in [3.8, 4) is 5.75 Å². The van der Waals surface area contributed by atoms with E-state index < -0.39 is 6.23 Å². The third-order valence-corrected chi connectivity index (χ3v) is 2.08. The Morgan fingerprint density at radius 2 is 1.67 bits per heavy atom. The van der Waals surface area contributed by atoms with Crippen molar-refractivity contribution in [2.45, 2.75) is 6.23 Å². The van der Waals surface area contributed by atoms with Crippen LogP contribution in [-0.2, 0) is 0 Å². The van der Waals surface area contributed by atoms with Crippen LogP contribution in [0.2, 0.25) is 0 Å². The van der Waals surface area contributed by atoms with Gasteiger partial charge in [0.15, 0.2) is 6.23 Å². The molecular weight excluding hydrogens is 186 g/mol. The molecule has 1 atom stereocenters. The zero-order valence-corrected chi connectivity index (χ0v) is 8.26. The van der Waals surface area contributed by atoms with Crippen molar-refractivity contribution in [1.29, 1.82) is 0 Å². The van der Waals surface area contributed by atoms with E-state index >= 15 is 0 Å². The first-order valence-corrected chi connectivity index (χ1v) is 4.79. The average Bonchev–Trinajstić information content (AvgIpc) is 2.31. The monoisotopic (exact) mass is 198 g/mol. The molecule has 0 fully saturated rings. The van der Waals surface area contributed by atoms with Gasteiger partial charge in [0.05, 0.1) is 0 Å². The fourth-order valence-corrected chi connectivity index (χ4v) is 1.31. The lowest BCUT2D eigenvalue weighted by Gasteiger charge is -2.14. The van der Waals surface area contributed by atoms with Gasteiger partial charge in [-0.3, -0.25) is 5.73 Å². The van der Waals surface area contributed by atoms with E-state index in [1.807, 2.05) is 42.5 Å². The van der Waals surface area contributed by atoms with Gasteiger partial charge in [-0.25, -0.2) is 0 Å². The fourth-order valence-electron chi connectivity index (χ4n) is 1.31. The molecule has 0 amide bonds. The van der Waals surface area contributed by atoms with E-state index in [-0.39, 0.29) is 0 Å². The van der Waals surface area contributed by atoms with Crippen molar-refractivity contribution in [2.24, 2.45) is 5.73 Å². The van der Waals surface area contributed by atoms with Crippen molar-refractivity contribution < 1.29 is 4.74 Å². The van der Waals surface area contributed by atoms with Crippen LogP contribution in [0.25, 0.3) is 0 Å². The molecule has 0 aliphatic carbocycles. The number of ether oxygens (including phenoxy) is 1. The first-order valence-electron chi connectivity index (χ1n) is 4.79. The molecule has 0 saturated heterocycles. The first-order chi connectivity index (χ1) is 7.36. The van der Waals surface area contributed by atoms with Crippen LogP contribution in [0, 0.1) is 6.07 Å². The second-order valence-corrected chi connectivity index (χ2v) is 3.18. The first kappa shape index (κ1) is 9.74. The number of benzene rings is 2. The van der Waals surface area contributed by atoms with Crippen LogP contribution >= 0.6 is 0 Å². The van der Waals surface area contributed by atoms with E-state index in [9.17, 15) is 0 Å². The van der Waals surface area contributed by atoms with Gasteiger partial charge in [-0.1, -0.05) is 42.5 Å².